The molecule has 2 aromatic rings. The van der Waals surface area contributed by atoms with Gasteiger partial charge in [-0.25, -0.2) is 0 Å². The Bertz CT molecular complexity index is 666. The van der Waals surface area contributed by atoms with Crippen molar-refractivity contribution in [3.63, 3.8) is 0 Å². The molecule has 0 saturated carbocycles. The summed E-state index contributed by atoms with van der Waals surface area (Å²) in [4.78, 5) is 15.0. The molecule has 1 aromatic heterocycles. The van der Waals surface area contributed by atoms with Crippen molar-refractivity contribution in [1.29, 1.82) is 0 Å². The maximum absolute atomic E-state index is 12.6. The lowest BCUT2D eigenvalue weighted by atomic mass is 10.1. The highest BCUT2D eigenvalue weighted by Crippen LogP contribution is 2.14. The fourth-order valence-electron chi connectivity index (χ4n) is 2.92. The van der Waals surface area contributed by atoms with E-state index in [-0.39, 0.29) is 30.4 Å². The van der Waals surface area contributed by atoms with E-state index in [0.29, 0.717) is 0 Å². The Hall–Kier alpha value is -1.07. The molecule has 4 nitrogen and oxygen atoms in total. The molecule has 0 bridgehead atoms. The molecule has 6 heteroatoms. The van der Waals surface area contributed by atoms with Crippen LogP contribution in [0.1, 0.15) is 12.5 Å². The van der Waals surface area contributed by atoms with Crippen LogP contribution < -0.4 is 10.9 Å². The number of nitrogens with zero attached hydrogens (tertiary/aromatic N) is 2. The Balaban J connectivity index is 0.00000121. The van der Waals surface area contributed by atoms with Crippen molar-refractivity contribution in [2.45, 2.75) is 20.0 Å². The van der Waals surface area contributed by atoms with Crippen molar-refractivity contribution in [3.05, 3.63) is 46.2 Å². The first-order valence-corrected chi connectivity index (χ1v) is 7.34. The van der Waals surface area contributed by atoms with Crippen LogP contribution in [0.15, 0.2) is 35.1 Å². The summed E-state index contributed by atoms with van der Waals surface area (Å²) >= 11 is 0. The molecule has 0 spiro atoms. The van der Waals surface area contributed by atoms with Crippen molar-refractivity contribution in [2.24, 2.45) is 0 Å². The number of aryl methyl sites for hydroxylation is 1. The largest absolute Gasteiger partial charge is 0.314 e. The zero-order valence-corrected chi connectivity index (χ0v) is 14.4. The van der Waals surface area contributed by atoms with Gasteiger partial charge in [0.05, 0.1) is 5.52 Å². The molecule has 1 aromatic carbocycles. The van der Waals surface area contributed by atoms with Crippen LogP contribution in [0.4, 0.5) is 0 Å². The van der Waals surface area contributed by atoms with E-state index in [4.69, 9.17) is 0 Å². The van der Waals surface area contributed by atoms with E-state index in [1.54, 1.807) is 0 Å². The minimum Gasteiger partial charge on any atom is -0.314 e. The van der Waals surface area contributed by atoms with Crippen molar-refractivity contribution in [1.82, 2.24) is 14.8 Å². The Kier molecular flexibility index (Phi) is 7.36. The van der Waals surface area contributed by atoms with Gasteiger partial charge in [-0.15, -0.1) is 24.8 Å². The maximum atomic E-state index is 12.6. The zero-order valence-electron chi connectivity index (χ0n) is 12.7. The second-order valence-electron chi connectivity index (χ2n) is 5.30. The molecule has 0 atom stereocenters. The van der Waals surface area contributed by atoms with Gasteiger partial charge in [-0.3, -0.25) is 9.69 Å². The molecular weight excluding hydrogens is 321 g/mol. The third kappa shape index (κ3) is 3.82. The van der Waals surface area contributed by atoms with Gasteiger partial charge in [0, 0.05) is 44.8 Å². The first kappa shape index (κ1) is 19.0. The predicted molar refractivity (Wildman–Crippen MR) is 96.5 cm³/mol. The lowest BCUT2D eigenvalue weighted by Crippen LogP contribution is -2.43. The highest BCUT2D eigenvalue weighted by atomic mass is 35.5. The quantitative estimate of drug-likeness (QED) is 0.928. The van der Waals surface area contributed by atoms with E-state index >= 15 is 0 Å². The van der Waals surface area contributed by atoms with Gasteiger partial charge >= 0.3 is 0 Å². The van der Waals surface area contributed by atoms with E-state index in [1.165, 1.54) is 0 Å². The van der Waals surface area contributed by atoms with Crippen molar-refractivity contribution in [2.75, 3.05) is 26.2 Å². The topological polar surface area (TPSA) is 37.3 Å². The Morgan fingerprint density at radius 2 is 1.82 bits per heavy atom. The summed E-state index contributed by atoms with van der Waals surface area (Å²) in [5, 5.41) is 4.49. The van der Waals surface area contributed by atoms with E-state index < -0.39 is 0 Å². The third-order valence-electron chi connectivity index (χ3n) is 4.00. The summed E-state index contributed by atoms with van der Waals surface area (Å²) < 4.78 is 1.88. The minimum absolute atomic E-state index is 0. The van der Waals surface area contributed by atoms with Gasteiger partial charge in [-0.05, 0) is 24.4 Å². The Morgan fingerprint density at radius 1 is 1.14 bits per heavy atom. The van der Waals surface area contributed by atoms with Crippen LogP contribution in [0.25, 0.3) is 10.9 Å². The summed E-state index contributed by atoms with van der Waals surface area (Å²) in [5.41, 5.74) is 2.10. The average molecular weight is 344 g/mol. The molecule has 0 radical (unpaired) electrons. The zero-order chi connectivity index (χ0) is 13.9. The minimum atomic E-state index is 0. The number of hydrogen-bond donors (Lipinski definition) is 1. The molecule has 1 aliphatic rings. The highest BCUT2D eigenvalue weighted by molar-refractivity contribution is 5.85. The summed E-state index contributed by atoms with van der Waals surface area (Å²) in [6.07, 6.45) is 0. The Labute approximate surface area is 143 Å². The number of fused-ring (bicyclic) bond motifs is 1. The molecule has 22 heavy (non-hydrogen) atoms. The monoisotopic (exact) mass is 343 g/mol. The van der Waals surface area contributed by atoms with E-state index in [1.807, 2.05) is 29.7 Å². The third-order valence-corrected chi connectivity index (χ3v) is 4.00. The first-order chi connectivity index (χ1) is 9.79. The number of rotatable bonds is 3. The molecule has 3 rings (SSSR count). The van der Waals surface area contributed by atoms with Crippen LogP contribution in [0.5, 0.6) is 0 Å². The second kappa shape index (κ2) is 8.53. The predicted octanol–water partition coefficient (Wildman–Crippen LogP) is 2.27. The number of benzene rings is 1. The number of hydrogen-bond acceptors (Lipinski definition) is 3. The lowest BCUT2D eigenvalue weighted by Gasteiger charge is -2.27. The van der Waals surface area contributed by atoms with Crippen LogP contribution in [-0.2, 0) is 13.1 Å². The second-order valence-corrected chi connectivity index (χ2v) is 5.30. The molecule has 0 amide bonds. The van der Waals surface area contributed by atoms with Gasteiger partial charge in [-0.2, -0.15) is 0 Å². The van der Waals surface area contributed by atoms with Gasteiger partial charge in [0.1, 0.15) is 0 Å². The van der Waals surface area contributed by atoms with Crippen molar-refractivity contribution in [3.8, 4) is 0 Å². The summed E-state index contributed by atoms with van der Waals surface area (Å²) in [7, 11) is 0. The molecule has 1 aliphatic heterocycles. The Morgan fingerprint density at radius 3 is 2.50 bits per heavy atom. The van der Waals surface area contributed by atoms with E-state index in [0.717, 1.165) is 55.7 Å². The number of halogens is 2. The molecular formula is C16H23Cl2N3O. The van der Waals surface area contributed by atoms with Crippen molar-refractivity contribution < 1.29 is 0 Å². The lowest BCUT2D eigenvalue weighted by molar-refractivity contribution is 0.232. The maximum Gasteiger partial charge on any atom is 0.255 e. The standard InChI is InChI=1S/C16H21N3O.2ClH/c1-2-19-15-6-4-3-5-13(15)11-14(16(19)20)12-18-9-7-17-8-10-18;;/h3-6,11,17H,2,7-10,12H2,1H3;2*1H. The van der Waals surface area contributed by atoms with Crippen LogP contribution in [0, 0.1) is 0 Å². The van der Waals surface area contributed by atoms with E-state index in [2.05, 4.69) is 22.3 Å². The molecule has 2 heterocycles. The van der Waals surface area contributed by atoms with Gasteiger partial charge in [0.25, 0.3) is 5.56 Å². The number of nitrogens with one attached hydrogen (secondary N) is 1. The fraction of sp³-hybridized carbons (Fsp3) is 0.438. The summed E-state index contributed by atoms with van der Waals surface area (Å²) in [5.74, 6) is 0. The van der Waals surface area contributed by atoms with E-state index in [9.17, 15) is 4.79 Å². The molecule has 0 aliphatic carbocycles. The molecule has 122 valence electrons. The highest BCUT2D eigenvalue weighted by Gasteiger charge is 2.14. The van der Waals surface area contributed by atoms with Gasteiger partial charge < -0.3 is 9.88 Å². The van der Waals surface area contributed by atoms with Crippen LogP contribution in [-0.4, -0.2) is 35.6 Å². The fourth-order valence-corrected chi connectivity index (χ4v) is 2.92. The SMILES string of the molecule is CCn1c(=O)c(CN2CCNCC2)cc2ccccc21.Cl.Cl. The van der Waals surface area contributed by atoms with Crippen LogP contribution >= 0.6 is 24.8 Å². The molecule has 0 unspecified atom stereocenters. The smallest absolute Gasteiger partial charge is 0.255 e. The summed E-state index contributed by atoms with van der Waals surface area (Å²) in [6, 6.07) is 10.2. The number of piperazine rings is 1. The normalized spacial score (nSPS) is 15.1. The summed E-state index contributed by atoms with van der Waals surface area (Å²) in [6.45, 7) is 7.55. The number of aromatic nitrogens is 1. The molecule has 1 N–H and O–H groups in total. The molecule has 1 saturated heterocycles. The molecule has 1 fully saturated rings. The van der Waals surface area contributed by atoms with Gasteiger partial charge in [-0.1, -0.05) is 18.2 Å². The van der Waals surface area contributed by atoms with Crippen molar-refractivity contribution >= 4 is 35.7 Å². The number of pyridine rings is 1. The van der Waals surface area contributed by atoms with Crippen LogP contribution in [0.2, 0.25) is 0 Å². The first-order valence-electron chi connectivity index (χ1n) is 7.34. The average Bonchev–Trinajstić information content (AvgIpc) is 2.49. The van der Waals surface area contributed by atoms with Gasteiger partial charge in [0.15, 0.2) is 0 Å². The number of para-hydroxylation sites is 1. The van der Waals surface area contributed by atoms with Gasteiger partial charge in [0.2, 0.25) is 0 Å². The van der Waals surface area contributed by atoms with Crippen LogP contribution in [0.3, 0.4) is 0 Å².